The van der Waals surface area contributed by atoms with Crippen molar-refractivity contribution in [3.8, 4) is 6.07 Å². The summed E-state index contributed by atoms with van der Waals surface area (Å²) in [7, 11) is -1.07. The molecule has 2 aliphatic rings. The number of esters is 1. The van der Waals surface area contributed by atoms with Crippen LogP contribution in [-0.4, -0.2) is 64.6 Å². The molecule has 0 aliphatic carbocycles. The summed E-state index contributed by atoms with van der Waals surface area (Å²) < 4.78 is 31.3. The molecule has 8 heteroatoms. The van der Waals surface area contributed by atoms with Crippen LogP contribution in [0, 0.1) is 17.2 Å². The fourth-order valence-corrected chi connectivity index (χ4v) is 11.4. The van der Waals surface area contributed by atoms with Gasteiger partial charge in [-0.05, 0) is 47.7 Å². The molecule has 2 aromatic rings. The molecule has 0 saturated carbocycles. The predicted molar refractivity (Wildman–Crippen MR) is 174 cm³/mol. The Morgan fingerprint density at radius 3 is 2.14 bits per heavy atom. The van der Waals surface area contributed by atoms with Crippen molar-refractivity contribution in [3.05, 3.63) is 72.8 Å². The summed E-state index contributed by atoms with van der Waals surface area (Å²) in [4.78, 5) is 12.4. The lowest BCUT2D eigenvalue weighted by molar-refractivity contribution is -0.161. The smallest absolute Gasteiger partial charge is 0.339 e. The summed E-state index contributed by atoms with van der Waals surface area (Å²) in [5.74, 6) is -0.240. The first kappa shape index (κ1) is 34.1. The summed E-state index contributed by atoms with van der Waals surface area (Å²) in [6, 6.07) is 23.6. The van der Waals surface area contributed by atoms with E-state index < -0.39 is 14.4 Å². The van der Waals surface area contributed by atoms with Gasteiger partial charge in [-0.15, -0.1) is 0 Å². The van der Waals surface area contributed by atoms with Gasteiger partial charge in [0.1, 0.15) is 0 Å². The number of rotatable bonds is 12. The van der Waals surface area contributed by atoms with Crippen molar-refractivity contribution in [3.63, 3.8) is 0 Å². The fourth-order valence-electron chi connectivity index (χ4n) is 6.72. The van der Waals surface area contributed by atoms with Crippen LogP contribution in [0.3, 0.4) is 0 Å². The van der Waals surface area contributed by atoms with Crippen molar-refractivity contribution in [2.75, 3.05) is 13.7 Å². The second-order valence-electron chi connectivity index (χ2n) is 13.0. The lowest BCUT2D eigenvalue weighted by Crippen LogP contribution is -2.68. The van der Waals surface area contributed by atoms with E-state index in [1.165, 1.54) is 10.4 Å². The minimum atomic E-state index is -2.78. The van der Waals surface area contributed by atoms with Crippen molar-refractivity contribution >= 4 is 24.7 Å². The molecule has 0 amide bonds. The van der Waals surface area contributed by atoms with Gasteiger partial charge in [0.25, 0.3) is 8.32 Å². The number of carbonyl (C=O) groups is 1. The Hall–Kier alpha value is -2.80. The minimum absolute atomic E-state index is 0.0862. The number of hydrogen-bond donors (Lipinski definition) is 0. The number of nitrogens with zero attached hydrogens (tertiary/aromatic N) is 1. The van der Waals surface area contributed by atoms with E-state index in [4.69, 9.17) is 23.4 Å². The molecule has 0 radical (unpaired) electrons. The molecule has 238 valence electrons. The molecule has 2 aromatic carbocycles. The highest BCUT2D eigenvalue weighted by Gasteiger charge is 2.52. The van der Waals surface area contributed by atoms with Gasteiger partial charge in [-0.3, -0.25) is 0 Å². The van der Waals surface area contributed by atoms with Gasteiger partial charge in [-0.25, -0.2) is 4.79 Å². The summed E-state index contributed by atoms with van der Waals surface area (Å²) >= 11 is 0. The molecule has 2 heterocycles. The largest absolute Gasteiger partial charge is 0.464 e. The van der Waals surface area contributed by atoms with Crippen LogP contribution in [-0.2, 0) is 28.2 Å². The van der Waals surface area contributed by atoms with Gasteiger partial charge < -0.3 is 23.4 Å². The molecule has 1 saturated heterocycles. The standard InChI is InChI=1S/C36H49NO6Si/c1-7-40-35(38)33-19-18-26(2)34(42-33)25-28(39-6)23-29-24-30(22-27(41-29)20-21-37)43-44(36(3,4)5,31-14-10-8-11-15-31)32-16-12-9-13-17-32/h8-19,26-30,33-34H,7,20,22-25H2,1-6H3/t26-,27-,28-,29+,30-,33-,34+/m0/s1. The topological polar surface area (TPSA) is 87.0 Å². The van der Waals surface area contributed by atoms with E-state index in [0.29, 0.717) is 38.7 Å². The third-order valence-corrected chi connectivity index (χ3v) is 14.0. The molecule has 1 fully saturated rings. The number of methoxy groups -OCH3 is 1. The van der Waals surface area contributed by atoms with Crippen molar-refractivity contribution in [2.45, 2.75) is 108 Å². The number of ether oxygens (including phenoxy) is 4. The molecule has 4 rings (SSSR count). The van der Waals surface area contributed by atoms with E-state index in [1.807, 2.05) is 6.08 Å². The molecule has 0 spiro atoms. The van der Waals surface area contributed by atoms with Crippen LogP contribution >= 0.6 is 0 Å². The molecule has 0 unspecified atom stereocenters. The van der Waals surface area contributed by atoms with Gasteiger partial charge in [-0.2, -0.15) is 5.26 Å². The zero-order chi connectivity index (χ0) is 31.7. The lowest BCUT2D eigenvalue weighted by Gasteiger charge is -2.47. The Morgan fingerprint density at radius 2 is 1.59 bits per heavy atom. The first-order valence-electron chi connectivity index (χ1n) is 16.0. The highest BCUT2D eigenvalue weighted by atomic mass is 28.4. The van der Waals surface area contributed by atoms with Crippen molar-refractivity contribution in [2.24, 2.45) is 5.92 Å². The van der Waals surface area contributed by atoms with Gasteiger partial charge in [0.15, 0.2) is 6.10 Å². The van der Waals surface area contributed by atoms with E-state index in [1.54, 1.807) is 20.1 Å². The van der Waals surface area contributed by atoms with Crippen LogP contribution in [0.25, 0.3) is 0 Å². The Morgan fingerprint density at radius 1 is 0.977 bits per heavy atom. The molecule has 7 atom stereocenters. The zero-order valence-corrected chi connectivity index (χ0v) is 28.1. The van der Waals surface area contributed by atoms with E-state index in [9.17, 15) is 10.1 Å². The quantitative estimate of drug-likeness (QED) is 0.171. The molecular weight excluding hydrogens is 570 g/mol. The Balaban J connectivity index is 1.57. The highest BCUT2D eigenvalue weighted by molar-refractivity contribution is 6.99. The summed E-state index contributed by atoms with van der Waals surface area (Å²) in [6.45, 7) is 11.0. The Labute approximate surface area is 264 Å². The van der Waals surface area contributed by atoms with Crippen molar-refractivity contribution < 1.29 is 28.2 Å². The maximum atomic E-state index is 12.4. The fraction of sp³-hybridized carbons (Fsp3) is 0.556. The van der Waals surface area contributed by atoms with Gasteiger partial charge in [0, 0.05) is 19.4 Å². The predicted octanol–water partition coefficient (Wildman–Crippen LogP) is 5.71. The monoisotopic (exact) mass is 619 g/mol. The van der Waals surface area contributed by atoms with E-state index in [-0.39, 0.29) is 47.4 Å². The maximum absolute atomic E-state index is 12.4. The molecule has 44 heavy (non-hydrogen) atoms. The van der Waals surface area contributed by atoms with E-state index >= 15 is 0 Å². The number of benzene rings is 2. The van der Waals surface area contributed by atoms with Crippen LogP contribution in [0.5, 0.6) is 0 Å². The molecule has 0 N–H and O–H groups in total. The molecule has 0 bridgehead atoms. The van der Waals surface area contributed by atoms with Crippen molar-refractivity contribution in [1.29, 1.82) is 5.26 Å². The summed E-state index contributed by atoms with van der Waals surface area (Å²) in [5.41, 5.74) is 0. The SMILES string of the molecule is CCOC(=O)[C@@H]1C=C[C@H](C)[C@@H](C[C@H](C[C@@H]2C[C@@H](O[Si](c3ccccc3)(c3ccccc3)C(C)(C)C)C[C@H](CC#N)O2)OC)O1. The number of carbonyl (C=O) groups excluding carboxylic acids is 1. The Kier molecular flexibility index (Phi) is 12.0. The van der Waals surface area contributed by atoms with Crippen LogP contribution in [0.15, 0.2) is 72.8 Å². The second-order valence-corrected chi connectivity index (χ2v) is 17.3. The first-order valence-corrected chi connectivity index (χ1v) is 17.9. The molecule has 0 aromatic heterocycles. The normalized spacial score (nSPS) is 26.5. The first-order chi connectivity index (χ1) is 21.1. The third-order valence-electron chi connectivity index (χ3n) is 8.89. The van der Waals surface area contributed by atoms with Crippen LogP contribution in [0.1, 0.15) is 66.7 Å². The summed E-state index contributed by atoms with van der Waals surface area (Å²) in [5, 5.41) is 12.0. The van der Waals surface area contributed by atoms with Gasteiger partial charge in [0.2, 0.25) is 0 Å². The number of nitriles is 1. The zero-order valence-electron chi connectivity index (χ0n) is 27.1. The van der Waals surface area contributed by atoms with Gasteiger partial charge in [-0.1, -0.05) is 94.4 Å². The van der Waals surface area contributed by atoms with Crippen LogP contribution in [0.4, 0.5) is 0 Å². The summed E-state index contributed by atoms with van der Waals surface area (Å²) in [6.07, 6.45) is 5.23. The Bertz CT molecular complexity index is 1220. The number of hydrogen-bond acceptors (Lipinski definition) is 7. The van der Waals surface area contributed by atoms with E-state index in [2.05, 4.69) is 94.4 Å². The third kappa shape index (κ3) is 8.07. The van der Waals surface area contributed by atoms with Gasteiger partial charge >= 0.3 is 5.97 Å². The average Bonchev–Trinajstić information content (AvgIpc) is 3.01. The minimum Gasteiger partial charge on any atom is -0.464 e. The lowest BCUT2D eigenvalue weighted by atomic mass is 9.91. The molecule has 2 aliphatic heterocycles. The second kappa shape index (κ2) is 15.5. The molecular formula is C36H49NO6Si. The van der Waals surface area contributed by atoms with Crippen LogP contribution in [0.2, 0.25) is 5.04 Å². The average molecular weight is 620 g/mol. The highest BCUT2D eigenvalue weighted by Crippen LogP contribution is 2.40. The molecule has 7 nitrogen and oxygen atoms in total. The van der Waals surface area contributed by atoms with Crippen LogP contribution < -0.4 is 10.4 Å². The van der Waals surface area contributed by atoms with Crippen molar-refractivity contribution in [1.82, 2.24) is 0 Å². The maximum Gasteiger partial charge on any atom is 0.339 e. The van der Waals surface area contributed by atoms with Gasteiger partial charge in [0.05, 0.1) is 49.6 Å². The van der Waals surface area contributed by atoms with E-state index in [0.717, 1.165) is 0 Å².